The van der Waals surface area contributed by atoms with Crippen molar-refractivity contribution in [2.24, 2.45) is 0 Å². The van der Waals surface area contributed by atoms with E-state index in [9.17, 15) is 4.79 Å². The van der Waals surface area contributed by atoms with Gasteiger partial charge in [-0.05, 0) is 42.7 Å². The third-order valence-electron chi connectivity index (χ3n) is 3.91. The average Bonchev–Trinajstić information content (AvgIpc) is 3.12. The maximum atomic E-state index is 12.2. The highest BCUT2D eigenvalue weighted by molar-refractivity contribution is 6.30. The summed E-state index contributed by atoms with van der Waals surface area (Å²) in [4.78, 5) is 14.1. The first-order valence-electron chi connectivity index (χ1n) is 6.78. The number of alkyl halides is 1. The van der Waals surface area contributed by atoms with E-state index in [1.807, 2.05) is 17.0 Å². The van der Waals surface area contributed by atoms with Crippen LogP contribution in [-0.2, 0) is 4.79 Å². The fraction of sp³-hybridized carbons (Fsp3) is 0.533. The van der Waals surface area contributed by atoms with Crippen LogP contribution in [0.15, 0.2) is 24.3 Å². The van der Waals surface area contributed by atoms with Crippen LogP contribution in [-0.4, -0.2) is 23.9 Å². The molecule has 0 aromatic heterocycles. The molecule has 0 N–H and O–H groups in total. The van der Waals surface area contributed by atoms with Crippen LogP contribution in [0.3, 0.4) is 0 Å². The lowest BCUT2D eigenvalue weighted by molar-refractivity contribution is -0.129. The Balaban J connectivity index is 1.70. The van der Waals surface area contributed by atoms with Crippen LogP contribution in [0.4, 0.5) is 0 Å². The quantitative estimate of drug-likeness (QED) is 0.765. The normalized spacial score (nSPS) is 21.1. The van der Waals surface area contributed by atoms with Gasteiger partial charge in [0.25, 0.3) is 0 Å². The van der Waals surface area contributed by atoms with E-state index in [2.05, 4.69) is 12.1 Å². The molecule has 1 aliphatic carbocycles. The van der Waals surface area contributed by atoms with Gasteiger partial charge in [-0.25, -0.2) is 0 Å². The number of carbonyl (C=O) groups excluding carboxylic acids is 1. The molecule has 1 aliphatic heterocycles. The first-order valence-corrected chi connectivity index (χ1v) is 7.22. The molecule has 1 atom stereocenters. The van der Waals surface area contributed by atoms with Gasteiger partial charge in [0.2, 0.25) is 5.91 Å². The van der Waals surface area contributed by atoms with E-state index in [1.165, 1.54) is 18.4 Å². The summed E-state index contributed by atoms with van der Waals surface area (Å²) in [5.41, 5.74) is 2.31. The van der Waals surface area contributed by atoms with E-state index < -0.39 is 5.38 Å². The molecule has 1 aromatic carbocycles. The van der Waals surface area contributed by atoms with Gasteiger partial charge in [-0.2, -0.15) is 0 Å². The van der Waals surface area contributed by atoms with Crippen LogP contribution < -0.4 is 0 Å². The molecular weight excluding hydrogens is 246 g/mol. The second-order valence-corrected chi connectivity index (χ2v) is 5.77. The van der Waals surface area contributed by atoms with Crippen LogP contribution in [0, 0.1) is 0 Å². The largest absolute Gasteiger partial charge is 0.341 e. The van der Waals surface area contributed by atoms with Gasteiger partial charge in [0, 0.05) is 13.1 Å². The second kappa shape index (κ2) is 4.93. The van der Waals surface area contributed by atoms with Gasteiger partial charge in [0.1, 0.15) is 5.38 Å². The predicted molar refractivity (Wildman–Crippen MR) is 72.8 cm³/mol. The van der Waals surface area contributed by atoms with E-state index in [-0.39, 0.29) is 5.91 Å². The molecule has 2 nitrogen and oxygen atoms in total. The molecule has 2 fully saturated rings. The number of amides is 1. The van der Waals surface area contributed by atoms with Crippen molar-refractivity contribution in [2.75, 3.05) is 13.1 Å². The monoisotopic (exact) mass is 263 g/mol. The van der Waals surface area contributed by atoms with E-state index in [0.717, 1.165) is 37.4 Å². The van der Waals surface area contributed by atoms with Gasteiger partial charge in [0.05, 0.1) is 0 Å². The van der Waals surface area contributed by atoms with Crippen LogP contribution in [0.25, 0.3) is 0 Å². The molecule has 1 heterocycles. The summed E-state index contributed by atoms with van der Waals surface area (Å²) in [5, 5.41) is -0.517. The molecule has 3 heteroatoms. The third-order valence-corrected chi connectivity index (χ3v) is 4.35. The SMILES string of the molecule is O=C(C(Cl)c1ccc(C2CC2)cc1)N1CCCC1. The summed E-state index contributed by atoms with van der Waals surface area (Å²) in [6.07, 6.45) is 4.82. The van der Waals surface area contributed by atoms with Crippen molar-refractivity contribution in [1.29, 1.82) is 0 Å². The van der Waals surface area contributed by atoms with Gasteiger partial charge < -0.3 is 4.90 Å². The summed E-state index contributed by atoms with van der Waals surface area (Å²) in [6, 6.07) is 8.28. The molecule has 1 saturated heterocycles. The molecule has 18 heavy (non-hydrogen) atoms. The van der Waals surface area contributed by atoms with E-state index in [1.54, 1.807) is 0 Å². The zero-order valence-electron chi connectivity index (χ0n) is 10.4. The molecule has 0 spiro atoms. The molecule has 1 aromatic rings. The third kappa shape index (κ3) is 2.39. The molecule has 3 rings (SSSR count). The molecule has 0 radical (unpaired) electrons. The van der Waals surface area contributed by atoms with Gasteiger partial charge in [-0.3, -0.25) is 4.79 Å². The minimum atomic E-state index is -0.517. The standard InChI is InChI=1S/C15H18ClNO/c16-14(15(18)17-9-1-2-10-17)13-7-5-12(6-8-13)11-3-4-11/h5-8,11,14H,1-4,9-10H2. The minimum Gasteiger partial charge on any atom is -0.341 e. The zero-order chi connectivity index (χ0) is 12.5. The minimum absolute atomic E-state index is 0.0633. The van der Waals surface area contributed by atoms with Gasteiger partial charge in [0.15, 0.2) is 0 Å². The van der Waals surface area contributed by atoms with Crippen molar-refractivity contribution in [1.82, 2.24) is 4.90 Å². The van der Waals surface area contributed by atoms with Gasteiger partial charge in [-0.15, -0.1) is 11.6 Å². The number of rotatable bonds is 3. The Hall–Kier alpha value is -1.02. The summed E-state index contributed by atoms with van der Waals surface area (Å²) in [6.45, 7) is 1.73. The highest BCUT2D eigenvalue weighted by atomic mass is 35.5. The number of benzene rings is 1. The Morgan fingerprint density at radius 2 is 1.78 bits per heavy atom. The summed E-state index contributed by atoms with van der Waals surface area (Å²) in [7, 11) is 0. The Kier molecular flexibility index (Phi) is 3.29. The number of hydrogen-bond acceptors (Lipinski definition) is 1. The lowest BCUT2D eigenvalue weighted by atomic mass is 10.1. The topological polar surface area (TPSA) is 20.3 Å². The van der Waals surface area contributed by atoms with E-state index >= 15 is 0 Å². The smallest absolute Gasteiger partial charge is 0.245 e. The maximum absolute atomic E-state index is 12.2. The zero-order valence-corrected chi connectivity index (χ0v) is 11.2. The van der Waals surface area contributed by atoms with Crippen LogP contribution >= 0.6 is 11.6 Å². The summed E-state index contributed by atoms with van der Waals surface area (Å²) >= 11 is 6.29. The van der Waals surface area contributed by atoms with E-state index in [4.69, 9.17) is 11.6 Å². The van der Waals surface area contributed by atoms with Crippen LogP contribution in [0.2, 0.25) is 0 Å². The van der Waals surface area contributed by atoms with Crippen molar-refractivity contribution >= 4 is 17.5 Å². The molecule has 96 valence electrons. The molecule has 1 amide bonds. The number of nitrogens with zero attached hydrogens (tertiary/aromatic N) is 1. The fourth-order valence-corrected chi connectivity index (χ4v) is 2.88. The molecule has 2 aliphatic rings. The lowest BCUT2D eigenvalue weighted by Gasteiger charge is -2.19. The summed E-state index contributed by atoms with van der Waals surface area (Å²) in [5.74, 6) is 0.815. The van der Waals surface area contributed by atoms with Crippen molar-refractivity contribution in [3.63, 3.8) is 0 Å². The Morgan fingerprint density at radius 3 is 2.33 bits per heavy atom. The van der Waals surface area contributed by atoms with Crippen LogP contribution in [0.5, 0.6) is 0 Å². The maximum Gasteiger partial charge on any atom is 0.245 e. The average molecular weight is 264 g/mol. The highest BCUT2D eigenvalue weighted by Crippen LogP contribution is 2.40. The van der Waals surface area contributed by atoms with Crippen molar-refractivity contribution in [3.8, 4) is 0 Å². The van der Waals surface area contributed by atoms with Crippen molar-refractivity contribution in [3.05, 3.63) is 35.4 Å². The molecule has 1 saturated carbocycles. The van der Waals surface area contributed by atoms with Crippen molar-refractivity contribution in [2.45, 2.75) is 37.0 Å². The Bertz CT molecular complexity index is 432. The molecule has 0 bridgehead atoms. The van der Waals surface area contributed by atoms with Crippen molar-refractivity contribution < 1.29 is 4.79 Å². The summed E-state index contributed by atoms with van der Waals surface area (Å²) < 4.78 is 0. The first kappa shape index (κ1) is 12.0. The predicted octanol–water partition coefficient (Wildman–Crippen LogP) is 3.47. The van der Waals surface area contributed by atoms with E-state index in [0.29, 0.717) is 0 Å². The molecular formula is C15H18ClNO. The first-order chi connectivity index (χ1) is 8.75. The fourth-order valence-electron chi connectivity index (χ4n) is 2.59. The number of halogens is 1. The highest BCUT2D eigenvalue weighted by Gasteiger charge is 2.27. The number of likely N-dealkylation sites (tertiary alicyclic amines) is 1. The van der Waals surface area contributed by atoms with Crippen LogP contribution in [0.1, 0.15) is 48.1 Å². The lowest BCUT2D eigenvalue weighted by Crippen LogP contribution is -2.30. The van der Waals surface area contributed by atoms with Gasteiger partial charge >= 0.3 is 0 Å². The van der Waals surface area contributed by atoms with Gasteiger partial charge in [-0.1, -0.05) is 24.3 Å². The number of hydrogen-bond donors (Lipinski definition) is 0. The Morgan fingerprint density at radius 1 is 1.17 bits per heavy atom. The Labute approximate surface area is 113 Å². The molecule has 1 unspecified atom stereocenters. The number of carbonyl (C=O) groups is 1. The second-order valence-electron chi connectivity index (χ2n) is 5.34.